The molecule has 0 fully saturated rings. The molecule has 2 aromatic carbocycles. The van der Waals surface area contributed by atoms with E-state index in [0.29, 0.717) is 19.5 Å². The smallest absolute Gasteiger partial charge is 0.227 e. The van der Waals surface area contributed by atoms with Crippen LogP contribution < -0.4 is 5.32 Å². The van der Waals surface area contributed by atoms with Crippen LogP contribution in [0.5, 0.6) is 0 Å². The van der Waals surface area contributed by atoms with Crippen LogP contribution in [0.25, 0.3) is 0 Å². The number of hydrogen-bond acceptors (Lipinski definition) is 3. The summed E-state index contributed by atoms with van der Waals surface area (Å²) in [5.74, 6) is -0.453. The summed E-state index contributed by atoms with van der Waals surface area (Å²) in [5, 5.41) is 2.80. The molecular formula is C21H26N2O3S. The van der Waals surface area contributed by atoms with Crippen LogP contribution in [-0.4, -0.2) is 37.5 Å². The Hall–Kier alpha value is -2.18. The molecule has 1 heterocycles. The summed E-state index contributed by atoms with van der Waals surface area (Å²) in [4.78, 5) is 12.5. The van der Waals surface area contributed by atoms with E-state index in [1.165, 1.54) is 9.87 Å². The lowest BCUT2D eigenvalue weighted by molar-refractivity contribution is -0.122. The van der Waals surface area contributed by atoms with Gasteiger partial charge in [0.15, 0.2) is 0 Å². The van der Waals surface area contributed by atoms with Gasteiger partial charge >= 0.3 is 0 Å². The van der Waals surface area contributed by atoms with E-state index in [2.05, 4.69) is 5.32 Å². The molecule has 1 atom stereocenters. The predicted molar refractivity (Wildman–Crippen MR) is 107 cm³/mol. The first-order valence-corrected chi connectivity index (χ1v) is 11.0. The summed E-state index contributed by atoms with van der Waals surface area (Å²) in [6.45, 7) is 2.99. The molecule has 1 amide bonds. The van der Waals surface area contributed by atoms with Gasteiger partial charge in [-0.2, -0.15) is 4.31 Å². The monoisotopic (exact) mass is 386 g/mol. The number of carbonyl (C=O) groups excluding carboxylic acids is 1. The minimum absolute atomic E-state index is 0.0773. The van der Waals surface area contributed by atoms with Crippen LogP contribution in [0.2, 0.25) is 0 Å². The van der Waals surface area contributed by atoms with Crippen LogP contribution >= 0.6 is 0 Å². The van der Waals surface area contributed by atoms with Crippen LogP contribution in [0, 0.1) is 0 Å². The minimum atomic E-state index is -3.40. The van der Waals surface area contributed by atoms with E-state index in [1.807, 2.05) is 61.5 Å². The summed E-state index contributed by atoms with van der Waals surface area (Å²) >= 11 is 0. The quantitative estimate of drug-likeness (QED) is 0.796. The first-order valence-electron chi connectivity index (χ1n) is 9.38. The highest BCUT2D eigenvalue weighted by atomic mass is 32.2. The molecule has 2 aromatic rings. The molecule has 27 heavy (non-hydrogen) atoms. The average molecular weight is 387 g/mol. The Labute approximate surface area is 161 Å². The number of rotatable bonds is 7. The van der Waals surface area contributed by atoms with Gasteiger partial charge in [-0.25, -0.2) is 8.42 Å². The molecule has 0 radical (unpaired) electrons. The number of nitrogens with one attached hydrogen (secondary N) is 1. The fourth-order valence-electron chi connectivity index (χ4n) is 3.52. The topological polar surface area (TPSA) is 66.5 Å². The minimum Gasteiger partial charge on any atom is -0.354 e. The summed E-state index contributed by atoms with van der Waals surface area (Å²) in [6, 6.07) is 17.5. The second-order valence-electron chi connectivity index (χ2n) is 6.83. The zero-order valence-electron chi connectivity index (χ0n) is 15.6. The molecule has 0 bridgehead atoms. The van der Waals surface area contributed by atoms with Gasteiger partial charge in [0.2, 0.25) is 15.9 Å². The second-order valence-corrected chi connectivity index (χ2v) is 8.92. The molecule has 0 aromatic heterocycles. The third-order valence-corrected chi connectivity index (χ3v) is 6.89. The molecule has 5 nitrogen and oxygen atoms in total. The highest BCUT2D eigenvalue weighted by molar-refractivity contribution is 7.89. The van der Waals surface area contributed by atoms with E-state index in [0.717, 1.165) is 17.5 Å². The molecule has 144 valence electrons. The van der Waals surface area contributed by atoms with Crippen molar-refractivity contribution in [2.45, 2.75) is 32.2 Å². The number of nitrogens with zero attached hydrogens (tertiary/aromatic N) is 1. The SMILES string of the molecule is CC[C@H](C(=O)NCCS(=O)(=O)N1CCc2ccccc2C1)c1ccccc1. The predicted octanol–water partition coefficient (Wildman–Crippen LogP) is 2.68. The van der Waals surface area contributed by atoms with Crippen molar-refractivity contribution >= 4 is 15.9 Å². The van der Waals surface area contributed by atoms with Gasteiger partial charge in [-0.15, -0.1) is 0 Å². The number of hydrogen-bond donors (Lipinski definition) is 1. The van der Waals surface area contributed by atoms with Gasteiger partial charge in [-0.3, -0.25) is 4.79 Å². The highest BCUT2D eigenvalue weighted by Gasteiger charge is 2.26. The Balaban J connectivity index is 1.56. The zero-order chi connectivity index (χ0) is 19.3. The maximum atomic E-state index is 12.7. The maximum absolute atomic E-state index is 12.7. The van der Waals surface area contributed by atoms with Gasteiger partial charge in [0.1, 0.15) is 0 Å². The molecule has 1 aliphatic heterocycles. The third kappa shape index (κ3) is 4.76. The van der Waals surface area contributed by atoms with Gasteiger partial charge in [-0.1, -0.05) is 61.5 Å². The Morgan fingerprint density at radius 1 is 1.07 bits per heavy atom. The molecule has 0 aliphatic carbocycles. The van der Waals surface area contributed by atoms with E-state index < -0.39 is 10.0 Å². The van der Waals surface area contributed by atoms with Gasteiger partial charge < -0.3 is 5.32 Å². The molecule has 1 aliphatic rings. The van der Waals surface area contributed by atoms with Crippen LogP contribution in [0.4, 0.5) is 0 Å². The second kappa shape index (κ2) is 8.67. The first-order chi connectivity index (χ1) is 13.0. The normalized spacial score (nSPS) is 15.7. The maximum Gasteiger partial charge on any atom is 0.227 e. The van der Waals surface area contributed by atoms with Gasteiger partial charge in [0.25, 0.3) is 0 Å². The van der Waals surface area contributed by atoms with Crippen LogP contribution in [0.15, 0.2) is 54.6 Å². The van der Waals surface area contributed by atoms with Crippen molar-refractivity contribution < 1.29 is 13.2 Å². The van der Waals surface area contributed by atoms with Crippen molar-refractivity contribution in [2.75, 3.05) is 18.8 Å². The third-order valence-electron chi connectivity index (χ3n) is 5.07. The van der Waals surface area contributed by atoms with Crippen molar-refractivity contribution in [2.24, 2.45) is 0 Å². The summed E-state index contributed by atoms with van der Waals surface area (Å²) in [7, 11) is -3.40. The largest absolute Gasteiger partial charge is 0.354 e. The van der Waals surface area contributed by atoms with E-state index in [-0.39, 0.29) is 24.1 Å². The van der Waals surface area contributed by atoms with E-state index in [4.69, 9.17) is 0 Å². The standard InChI is InChI=1S/C21H26N2O3S/c1-2-20(18-9-4-3-5-10-18)21(24)22-13-15-27(25,26)23-14-12-17-8-6-7-11-19(17)16-23/h3-11,20H,2,12-16H2,1H3,(H,22,24)/t20-/m0/s1. The van der Waals surface area contributed by atoms with Crippen molar-refractivity contribution in [3.63, 3.8) is 0 Å². The van der Waals surface area contributed by atoms with Gasteiger partial charge in [0.05, 0.1) is 11.7 Å². The van der Waals surface area contributed by atoms with E-state index >= 15 is 0 Å². The fraction of sp³-hybridized carbons (Fsp3) is 0.381. The first kappa shape index (κ1) is 19.6. The van der Waals surface area contributed by atoms with Crippen LogP contribution in [-0.2, 0) is 27.8 Å². The number of benzene rings is 2. The van der Waals surface area contributed by atoms with E-state index in [1.54, 1.807) is 0 Å². The molecule has 3 rings (SSSR count). The number of amides is 1. The van der Waals surface area contributed by atoms with Gasteiger partial charge in [0, 0.05) is 19.6 Å². The molecule has 1 N–H and O–H groups in total. The van der Waals surface area contributed by atoms with Crippen molar-refractivity contribution in [1.29, 1.82) is 0 Å². The molecule has 0 unspecified atom stereocenters. The molecular weight excluding hydrogens is 360 g/mol. The van der Waals surface area contributed by atoms with Crippen molar-refractivity contribution in [3.8, 4) is 0 Å². The highest BCUT2D eigenvalue weighted by Crippen LogP contribution is 2.21. The molecule has 6 heteroatoms. The zero-order valence-corrected chi connectivity index (χ0v) is 16.4. The average Bonchev–Trinajstić information content (AvgIpc) is 2.69. The number of carbonyl (C=O) groups is 1. The molecule has 0 spiro atoms. The fourth-order valence-corrected chi connectivity index (χ4v) is 4.84. The summed E-state index contributed by atoms with van der Waals surface area (Å²) in [5.41, 5.74) is 3.23. The lowest BCUT2D eigenvalue weighted by Crippen LogP contribution is -2.41. The summed E-state index contributed by atoms with van der Waals surface area (Å²) < 4.78 is 26.8. The van der Waals surface area contributed by atoms with Crippen molar-refractivity contribution in [3.05, 3.63) is 71.3 Å². The number of fused-ring (bicyclic) bond motifs is 1. The van der Waals surface area contributed by atoms with Crippen LogP contribution in [0.1, 0.15) is 36.0 Å². The van der Waals surface area contributed by atoms with Crippen molar-refractivity contribution in [1.82, 2.24) is 9.62 Å². The molecule has 0 saturated heterocycles. The lowest BCUT2D eigenvalue weighted by atomic mass is 9.96. The number of sulfonamides is 1. The molecule has 0 saturated carbocycles. The Kier molecular flexibility index (Phi) is 6.29. The Morgan fingerprint density at radius 3 is 2.44 bits per heavy atom. The van der Waals surface area contributed by atoms with E-state index in [9.17, 15) is 13.2 Å². The Morgan fingerprint density at radius 2 is 1.74 bits per heavy atom. The lowest BCUT2D eigenvalue weighted by Gasteiger charge is -2.28. The summed E-state index contributed by atoms with van der Waals surface area (Å²) in [6.07, 6.45) is 1.40. The van der Waals surface area contributed by atoms with Crippen LogP contribution in [0.3, 0.4) is 0 Å². The van der Waals surface area contributed by atoms with Gasteiger partial charge in [-0.05, 0) is 29.5 Å². The Bertz CT molecular complexity index is 881.